The van der Waals surface area contributed by atoms with Crippen LogP contribution >= 0.6 is 0 Å². The van der Waals surface area contributed by atoms with Crippen LogP contribution in [0, 0.1) is 0 Å². The fraction of sp³-hybridized carbons (Fsp3) is 0.429. The molecule has 0 spiro atoms. The van der Waals surface area contributed by atoms with Crippen molar-refractivity contribution in [2.45, 2.75) is 12.2 Å². The van der Waals surface area contributed by atoms with Crippen LogP contribution in [0.25, 0.3) is 0 Å². The largest absolute Gasteiger partial charge is 0.465 e. The monoisotopic (exact) mass is 311 g/mol. The van der Waals surface area contributed by atoms with Gasteiger partial charge in [-0.15, -0.1) is 0 Å². The van der Waals surface area contributed by atoms with Gasteiger partial charge < -0.3 is 9.64 Å². The Morgan fingerprint density at radius 3 is 2.33 bits per heavy atom. The van der Waals surface area contributed by atoms with Gasteiger partial charge in [-0.3, -0.25) is 4.79 Å². The van der Waals surface area contributed by atoms with Gasteiger partial charge in [0.2, 0.25) is 0 Å². The van der Waals surface area contributed by atoms with Gasteiger partial charge in [0.15, 0.2) is 9.84 Å². The third-order valence-electron chi connectivity index (χ3n) is 3.61. The van der Waals surface area contributed by atoms with Gasteiger partial charge in [-0.05, 0) is 12.1 Å². The number of nitrogens with zero attached hydrogens (tertiary/aromatic N) is 1. The maximum absolute atomic E-state index is 12.4. The summed E-state index contributed by atoms with van der Waals surface area (Å²) in [5.41, 5.74) is 0.420. The molecular formula is C14H17NO5S. The highest BCUT2D eigenvalue weighted by Crippen LogP contribution is 2.21. The maximum atomic E-state index is 12.4. The minimum absolute atomic E-state index is 0.0679. The number of sulfone groups is 1. The van der Waals surface area contributed by atoms with E-state index in [1.165, 1.54) is 24.1 Å². The summed E-state index contributed by atoms with van der Waals surface area (Å²) in [5.74, 6) is -0.867. The molecule has 0 atom stereocenters. The molecule has 7 heteroatoms. The highest BCUT2D eigenvalue weighted by atomic mass is 32.2. The number of methoxy groups -OCH3 is 1. The SMILES string of the molecule is CCS(=O)(=O)C1CN(C(=O)c2ccccc2C(=O)OC)C1. The van der Waals surface area contributed by atoms with Gasteiger partial charge in [-0.1, -0.05) is 19.1 Å². The highest BCUT2D eigenvalue weighted by molar-refractivity contribution is 7.92. The summed E-state index contributed by atoms with van der Waals surface area (Å²) in [4.78, 5) is 25.4. The molecule has 1 fully saturated rings. The van der Waals surface area contributed by atoms with Gasteiger partial charge in [0.1, 0.15) is 0 Å². The first-order valence-corrected chi connectivity index (χ1v) is 8.30. The van der Waals surface area contributed by atoms with Gasteiger partial charge in [0.05, 0.1) is 23.5 Å². The van der Waals surface area contributed by atoms with Crippen LogP contribution in [0.4, 0.5) is 0 Å². The van der Waals surface area contributed by atoms with Crippen molar-refractivity contribution in [3.8, 4) is 0 Å². The molecule has 0 aromatic heterocycles. The third kappa shape index (κ3) is 2.92. The Bertz CT molecular complexity index is 662. The lowest BCUT2D eigenvalue weighted by atomic mass is 10.0. The molecular weight excluding hydrogens is 294 g/mol. The molecule has 1 amide bonds. The first-order chi connectivity index (χ1) is 9.90. The van der Waals surface area contributed by atoms with Crippen molar-refractivity contribution in [2.24, 2.45) is 0 Å². The first kappa shape index (κ1) is 15.5. The van der Waals surface area contributed by atoms with E-state index in [-0.39, 0.29) is 35.9 Å². The topological polar surface area (TPSA) is 80.8 Å². The van der Waals surface area contributed by atoms with E-state index in [1.807, 2.05) is 0 Å². The Balaban J connectivity index is 2.15. The number of hydrogen-bond donors (Lipinski definition) is 0. The van der Waals surface area contributed by atoms with Gasteiger partial charge >= 0.3 is 5.97 Å². The Morgan fingerprint density at radius 2 is 1.81 bits per heavy atom. The van der Waals surface area contributed by atoms with Crippen LogP contribution in [-0.4, -0.2) is 56.4 Å². The fourth-order valence-corrected chi connectivity index (χ4v) is 3.48. The van der Waals surface area contributed by atoms with Crippen LogP contribution in [0.2, 0.25) is 0 Å². The summed E-state index contributed by atoms with van der Waals surface area (Å²) in [7, 11) is -1.88. The summed E-state index contributed by atoms with van der Waals surface area (Å²) >= 11 is 0. The highest BCUT2D eigenvalue weighted by Gasteiger charge is 2.39. The average molecular weight is 311 g/mol. The second kappa shape index (κ2) is 5.85. The number of carbonyl (C=O) groups excluding carboxylic acids is 2. The molecule has 0 aliphatic carbocycles. The molecule has 1 saturated heterocycles. The van der Waals surface area contributed by atoms with Crippen molar-refractivity contribution in [3.05, 3.63) is 35.4 Å². The van der Waals surface area contributed by atoms with E-state index < -0.39 is 21.1 Å². The van der Waals surface area contributed by atoms with Crippen LogP contribution in [0.1, 0.15) is 27.6 Å². The van der Waals surface area contributed by atoms with Crippen molar-refractivity contribution in [2.75, 3.05) is 26.0 Å². The number of ether oxygens (including phenoxy) is 1. The zero-order valence-corrected chi connectivity index (χ0v) is 12.7. The zero-order chi connectivity index (χ0) is 15.6. The van der Waals surface area contributed by atoms with Gasteiger partial charge in [-0.25, -0.2) is 13.2 Å². The summed E-state index contributed by atoms with van der Waals surface area (Å²) in [6.07, 6.45) is 0. The zero-order valence-electron chi connectivity index (χ0n) is 11.9. The molecule has 1 aromatic carbocycles. The number of likely N-dealkylation sites (tertiary alicyclic amines) is 1. The predicted octanol–water partition coefficient (Wildman–Crippen LogP) is 0.732. The van der Waals surface area contributed by atoms with E-state index in [0.717, 1.165) is 0 Å². The number of hydrogen-bond acceptors (Lipinski definition) is 5. The number of rotatable bonds is 4. The van der Waals surface area contributed by atoms with Crippen LogP contribution in [-0.2, 0) is 14.6 Å². The van der Waals surface area contributed by atoms with Crippen LogP contribution < -0.4 is 0 Å². The third-order valence-corrected chi connectivity index (χ3v) is 5.73. The lowest BCUT2D eigenvalue weighted by molar-refractivity contribution is 0.0578. The standard InChI is InChI=1S/C14H17NO5S/c1-3-21(18,19)10-8-15(9-10)13(16)11-6-4-5-7-12(11)14(17)20-2/h4-7,10H,3,8-9H2,1-2H3. The van der Waals surface area contributed by atoms with E-state index >= 15 is 0 Å². The molecule has 1 aliphatic heterocycles. The summed E-state index contributed by atoms with van der Waals surface area (Å²) in [6, 6.07) is 6.35. The summed E-state index contributed by atoms with van der Waals surface area (Å²) in [6.45, 7) is 1.93. The lowest BCUT2D eigenvalue weighted by Gasteiger charge is -2.38. The van der Waals surface area contributed by atoms with E-state index in [0.29, 0.717) is 0 Å². The van der Waals surface area contributed by atoms with Crippen molar-refractivity contribution in [1.82, 2.24) is 4.90 Å². The quantitative estimate of drug-likeness (QED) is 0.766. The molecule has 21 heavy (non-hydrogen) atoms. The second-order valence-corrected chi connectivity index (χ2v) is 7.39. The van der Waals surface area contributed by atoms with Crippen molar-refractivity contribution < 1.29 is 22.7 Å². The average Bonchev–Trinajstić information content (AvgIpc) is 2.44. The number of amides is 1. The summed E-state index contributed by atoms with van der Waals surface area (Å²) in [5, 5.41) is -0.503. The molecule has 0 saturated carbocycles. The van der Waals surface area contributed by atoms with E-state index in [9.17, 15) is 18.0 Å². The molecule has 1 aromatic rings. The molecule has 0 bridgehead atoms. The van der Waals surface area contributed by atoms with Crippen molar-refractivity contribution >= 4 is 21.7 Å². The molecule has 0 unspecified atom stereocenters. The lowest BCUT2D eigenvalue weighted by Crippen LogP contribution is -2.57. The van der Waals surface area contributed by atoms with E-state index in [4.69, 9.17) is 0 Å². The van der Waals surface area contributed by atoms with Crippen LogP contribution in [0.15, 0.2) is 24.3 Å². The molecule has 1 heterocycles. The first-order valence-electron chi connectivity index (χ1n) is 6.59. The Hall–Kier alpha value is -1.89. The Labute approximate surface area is 123 Å². The molecule has 0 N–H and O–H groups in total. The minimum Gasteiger partial charge on any atom is -0.465 e. The Kier molecular flexibility index (Phi) is 4.32. The van der Waals surface area contributed by atoms with Gasteiger partial charge in [0, 0.05) is 18.8 Å². The van der Waals surface area contributed by atoms with Crippen molar-refractivity contribution in [3.63, 3.8) is 0 Å². The predicted molar refractivity (Wildman–Crippen MR) is 76.9 cm³/mol. The normalized spacial score (nSPS) is 15.4. The number of esters is 1. The molecule has 1 aliphatic rings. The fourth-order valence-electron chi connectivity index (χ4n) is 2.19. The van der Waals surface area contributed by atoms with Gasteiger partial charge in [0.25, 0.3) is 5.91 Å². The second-order valence-electron chi connectivity index (χ2n) is 4.82. The number of carbonyl (C=O) groups is 2. The molecule has 2 rings (SSSR count). The van der Waals surface area contributed by atoms with Crippen molar-refractivity contribution in [1.29, 1.82) is 0 Å². The number of benzene rings is 1. The summed E-state index contributed by atoms with van der Waals surface area (Å²) < 4.78 is 28.0. The Morgan fingerprint density at radius 1 is 1.24 bits per heavy atom. The smallest absolute Gasteiger partial charge is 0.338 e. The maximum Gasteiger partial charge on any atom is 0.338 e. The van der Waals surface area contributed by atoms with Gasteiger partial charge in [-0.2, -0.15) is 0 Å². The molecule has 0 radical (unpaired) electrons. The van der Waals surface area contributed by atoms with E-state index in [2.05, 4.69) is 4.74 Å². The van der Waals surface area contributed by atoms with E-state index in [1.54, 1.807) is 19.1 Å². The molecule has 114 valence electrons. The minimum atomic E-state index is -3.13. The molecule has 6 nitrogen and oxygen atoms in total. The van der Waals surface area contributed by atoms with Crippen LogP contribution in [0.5, 0.6) is 0 Å². The van der Waals surface area contributed by atoms with Crippen LogP contribution in [0.3, 0.4) is 0 Å².